The first-order valence-corrected chi connectivity index (χ1v) is 11.1. The van der Waals surface area contributed by atoms with Crippen LogP contribution in [0.25, 0.3) is 10.4 Å². The molecule has 1 saturated heterocycles. The number of hydrogen-bond donors (Lipinski definition) is 3. The van der Waals surface area contributed by atoms with Gasteiger partial charge in [-0.25, -0.2) is 4.68 Å². The predicted molar refractivity (Wildman–Crippen MR) is 119 cm³/mol. The molecular weight excluding hydrogens is 446 g/mol. The Morgan fingerprint density at radius 2 is 1.97 bits per heavy atom. The SMILES string of the molecule is NC(=O)c1nnn(C2CCN3C(=O)c4cc(-c5cccs5)ccc4NC(=O)C3C2)c1C(N)=O. The summed E-state index contributed by atoms with van der Waals surface area (Å²) in [4.78, 5) is 52.6. The Morgan fingerprint density at radius 3 is 2.67 bits per heavy atom. The second-order valence-corrected chi connectivity index (χ2v) is 8.83. The summed E-state index contributed by atoms with van der Waals surface area (Å²) < 4.78 is 1.24. The van der Waals surface area contributed by atoms with Crippen LogP contribution in [-0.2, 0) is 4.79 Å². The summed E-state index contributed by atoms with van der Waals surface area (Å²) >= 11 is 1.56. The third-order valence-corrected chi connectivity index (χ3v) is 6.88. The molecular formula is C21H19N7O4S. The number of fused-ring (bicyclic) bond motifs is 2. The maximum atomic E-state index is 13.4. The van der Waals surface area contributed by atoms with Crippen LogP contribution in [0.15, 0.2) is 35.7 Å². The molecule has 1 aromatic carbocycles. The molecule has 0 radical (unpaired) electrons. The van der Waals surface area contributed by atoms with Crippen LogP contribution in [0.1, 0.15) is 50.2 Å². The first-order valence-electron chi connectivity index (χ1n) is 10.2. The van der Waals surface area contributed by atoms with Gasteiger partial charge in [0.15, 0.2) is 11.4 Å². The van der Waals surface area contributed by atoms with Crippen molar-refractivity contribution in [2.45, 2.75) is 24.9 Å². The number of nitrogens with zero attached hydrogens (tertiary/aromatic N) is 4. The number of aromatic nitrogens is 3. The molecule has 5 rings (SSSR count). The molecule has 12 heteroatoms. The Hall–Kier alpha value is -4.06. The molecule has 5 N–H and O–H groups in total. The van der Waals surface area contributed by atoms with E-state index in [1.807, 2.05) is 23.6 Å². The van der Waals surface area contributed by atoms with Gasteiger partial charge in [0.25, 0.3) is 17.7 Å². The van der Waals surface area contributed by atoms with Gasteiger partial charge >= 0.3 is 0 Å². The van der Waals surface area contributed by atoms with Gasteiger partial charge in [-0.1, -0.05) is 17.3 Å². The van der Waals surface area contributed by atoms with Crippen LogP contribution in [0, 0.1) is 0 Å². The molecule has 33 heavy (non-hydrogen) atoms. The number of piperidine rings is 1. The first-order chi connectivity index (χ1) is 15.8. The van der Waals surface area contributed by atoms with Crippen molar-refractivity contribution in [2.24, 2.45) is 11.5 Å². The van der Waals surface area contributed by atoms with Crippen LogP contribution < -0.4 is 16.8 Å². The fourth-order valence-corrected chi connectivity index (χ4v) is 5.13. The number of rotatable bonds is 4. The van der Waals surface area contributed by atoms with E-state index in [4.69, 9.17) is 11.5 Å². The smallest absolute Gasteiger partial charge is 0.271 e. The Kier molecular flexibility index (Phi) is 4.93. The minimum absolute atomic E-state index is 0.172. The van der Waals surface area contributed by atoms with Gasteiger partial charge < -0.3 is 21.7 Å². The molecule has 0 aliphatic carbocycles. The summed E-state index contributed by atoms with van der Waals surface area (Å²) in [5.41, 5.74) is 12.0. The summed E-state index contributed by atoms with van der Waals surface area (Å²) in [5.74, 6) is -2.42. The van der Waals surface area contributed by atoms with Crippen molar-refractivity contribution in [2.75, 3.05) is 11.9 Å². The number of carbonyl (C=O) groups is 4. The van der Waals surface area contributed by atoms with E-state index in [1.54, 1.807) is 23.5 Å². The molecule has 0 bridgehead atoms. The van der Waals surface area contributed by atoms with Crippen molar-refractivity contribution in [3.05, 3.63) is 52.7 Å². The normalized spacial score (nSPS) is 19.9. The van der Waals surface area contributed by atoms with Crippen LogP contribution in [0.2, 0.25) is 0 Å². The maximum Gasteiger partial charge on any atom is 0.271 e. The number of nitrogens with one attached hydrogen (secondary N) is 1. The van der Waals surface area contributed by atoms with Crippen LogP contribution >= 0.6 is 11.3 Å². The van der Waals surface area contributed by atoms with E-state index >= 15 is 0 Å². The third kappa shape index (κ3) is 3.44. The van der Waals surface area contributed by atoms with Gasteiger partial charge in [0.2, 0.25) is 5.91 Å². The monoisotopic (exact) mass is 465 g/mol. The van der Waals surface area contributed by atoms with Gasteiger partial charge in [0, 0.05) is 11.4 Å². The van der Waals surface area contributed by atoms with Gasteiger partial charge in [-0.05, 0) is 42.0 Å². The van der Waals surface area contributed by atoms with Crippen LogP contribution in [0.3, 0.4) is 0 Å². The summed E-state index contributed by atoms with van der Waals surface area (Å²) in [6.07, 6.45) is 0.558. The van der Waals surface area contributed by atoms with Crippen molar-refractivity contribution in [1.82, 2.24) is 19.9 Å². The molecule has 2 aliphatic heterocycles. The molecule has 2 atom stereocenters. The van der Waals surface area contributed by atoms with Gasteiger partial charge in [-0.15, -0.1) is 16.4 Å². The lowest BCUT2D eigenvalue weighted by molar-refractivity contribution is -0.121. The quantitative estimate of drug-likeness (QED) is 0.520. The Labute approximate surface area is 191 Å². The van der Waals surface area contributed by atoms with E-state index in [1.165, 1.54) is 9.58 Å². The van der Waals surface area contributed by atoms with E-state index in [2.05, 4.69) is 15.6 Å². The number of primary amides is 2. The van der Waals surface area contributed by atoms with Crippen molar-refractivity contribution >= 4 is 40.7 Å². The number of anilines is 1. The molecule has 0 saturated carbocycles. The average Bonchev–Trinajstić information content (AvgIpc) is 3.47. The van der Waals surface area contributed by atoms with Crippen molar-refractivity contribution in [3.63, 3.8) is 0 Å². The Balaban J connectivity index is 1.47. The minimum atomic E-state index is -0.924. The topological polar surface area (TPSA) is 166 Å². The molecule has 2 aliphatic rings. The fourth-order valence-electron chi connectivity index (χ4n) is 4.40. The van der Waals surface area contributed by atoms with E-state index in [0.717, 1.165) is 10.4 Å². The highest BCUT2D eigenvalue weighted by Crippen LogP contribution is 2.35. The Morgan fingerprint density at radius 1 is 1.15 bits per heavy atom. The zero-order chi connectivity index (χ0) is 23.3. The maximum absolute atomic E-state index is 13.4. The number of hydrogen-bond acceptors (Lipinski definition) is 7. The van der Waals surface area contributed by atoms with Gasteiger partial charge in [-0.3, -0.25) is 19.2 Å². The van der Waals surface area contributed by atoms with Crippen LogP contribution in [0.5, 0.6) is 0 Å². The molecule has 11 nitrogen and oxygen atoms in total. The standard InChI is InChI=1S/C21H19N7O4S/c22-18(29)16-17(19(23)30)28(26-25-16)11-5-6-27-14(9-11)20(31)24-13-4-3-10(8-12(13)21(27)32)15-2-1-7-33-15/h1-4,7-8,11,14H,5-6,9H2,(H2,22,29)(H2,23,30)(H,24,31). The van der Waals surface area contributed by atoms with Crippen molar-refractivity contribution in [1.29, 1.82) is 0 Å². The molecule has 1 fully saturated rings. The predicted octanol–water partition coefficient (Wildman–Crippen LogP) is 1.00. The molecule has 4 heterocycles. The number of carbonyl (C=O) groups excluding carboxylic acids is 4. The van der Waals surface area contributed by atoms with Gasteiger partial charge in [0.05, 0.1) is 17.3 Å². The second-order valence-electron chi connectivity index (χ2n) is 7.88. The van der Waals surface area contributed by atoms with E-state index in [0.29, 0.717) is 17.7 Å². The second kappa shape index (κ2) is 7.81. The third-order valence-electron chi connectivity index (χ3n) is 5.96. The Bertz CT molecular complexity index is 1300. The molecule has 2 unspecified atom stereocenters. The van der Waals surface area contributed by atoms with Gasteiger partial charge in [0.1, 0.15) is 6.04 Å². The molecule has 168 valence electrons. The van der Waals surface area contributed by atoms with Gasteiger partial charge in [-0.2, -0.15) is 0 Å². The number of thiophene rings is 1. The van der Waals surface area contributed by atoms with Crippen molar-refractivity contribution in [3.8, 4) is 10.4 Å². The summed E-state index contributed by atoms with van der Waals surface area (Å²) in [7, 11) is 0. The zero-order valence-corrected chi connectivity index (χ0v) is 18.0. The van der Waals surface area contributed by atoms with Crippen molar-refractivity contribution < 1.29 is 19.2 Å². The van der Waals surface area contributed by atoms with Crippen LogP contribution in [-0.4, -0.2) is 56.1 Å². The largest absolute Gasteiger partial charge is 0.364 e. The minimum Gasteiger partial charge on any atom is -0.364 e. The number of benzene rings is 1. The summed E-state index contributed by atoms with van der Waals surface area (Å²) in [6.45, 7) is 0.244. The summed E-state index contributed by atoms with van der Waals surface area (Å²) in [5, 5.41) is 12.4. The first kappa shape index (κ1) is 20.8. The molecule has 2 aromatic heterocycles. The highest BCUT2D eigenvalue weighted by molar-refractivity contribution is 7.13. The number of nitrogens with two attached hydrogens (primary N) is 2. The van der Waals surface area contributed by atoms with Crippen LogP contribution in [0.4, 0.5) is 5.69 Å². The highest BCUT2D eigenvalue weighted by Gasteiger charge is 2.42. The highest BCUT2D eigenvalue weighted by atomic mass is 32.1. The molecule has 4 amide bonds. The van der Waals surface area contributed by atoms with E-state index in [9.17, 15) is 19.2 Å². The summed E-state index contributed by atoms with van der Waals surface area (Å²) in [6, 6.07) is 8.02. The zero-order valence-electron chi connectivity index (χ0n) is 17.2. The molecule has 0 spiro atoms. The number of amides is 4. The van der Waals surface area contributed by atoms with E-state index < -0.39 is 23.9 Å². The fraction of sp³-hybridized carbons (Fsp3) is 0.238. The lowest BCUT2D eigenvalue weighted by Crippen LogP contribution is -2.50. The lowest BCUT2D eigenvalue weighted by atomic mass is 9.95. The molecule has 3 aromatic rings. The van der Waals surface area contributed by atoms with E-state index in [-0.39, 0.29) is 36.2 Å². The average molecular weight is 465 g/mol. The lowest BCUT2D eigenvalue weighted by Gasteiger charge is -2.37.